The molecule has 19 heavy (non-hydrogen) atoms. The van der Waals surface area contributed by atoms with Gasteiger partial charge in [0.1, 0.15) is 5.58 Å². The van der Waals surface area contributed by atoms with Gasteiger partial charge in [-0.25, -0.2) is 4.79 Å². The first-order valence-corrected chi connectivity index (χ1v) is 7.71. The van der Waals surface area contributed by atoms with Crippen molar-refractivity contribution >= 4 is 22.7 Å². The molecule has 0 bridgehead atoms. The molecule has 1 aromatic heterocycles. The van der Waals surface area contributed by atoms with Gasteiger partial charge in [0.25, 0.3) is 0 Å². The van der Waals surface area contributed by atoms with Crippen molar-refractivity contribution in [3.8, 4) is 0 Å². The van der Waals surface area contributed by atoms with Crippen molar-refractivity contribution in [2.45, 2.75) is 13.5 Å². The van der Waals surface area contributed by atoms with E-state index in [1.165, 1.54) is 11.5 Å². The predicted molar refractivity (Wildman–Crippen MR) is 79.8 cm³/mol. The Bertz CT molecular complexity index is 644. The third kappa shape index (κ3) is 2.85. The molecule has 1 saturated heterocycles. The fourth-order valence-corrected chi connectivity index (χ4v) is 3.45. The fraction of sp³-hybridized carbons (Fsp3) is 0.400. The highest BCUT2D eigenvalue weighted by Crippen LogP contribution is 2.21. The number of fused-ring (bicyclic) bond motifs is 1. The summed E-state index contributed by atoms with van der Waals surface area (Å²) in [5.74, 6) is 2.36. The lowest BCUT2D eigenvalue weighted by atomic mass is 10.1. The minimum atomic E-state index is -0.250. The van der Waals surface area contributed by atoms with Crippen LogP contribution < -0.4 is 5.63 Å². The van der Waals surface area contributed by atoms with Crippen molar-refractivity contribution in [1.29, 1.82) is 0 Å². The Labute approximate surface area is 116 Å². The van der Waals surface area contributed by atoms with Crippen LogP contribution in [0.5, 0.6) is 0 Å². The van der Waals surface area contributed by atoms with Gasteiger partial charge in [-0.05, 0) is 24.1 Å². The summed E-state index contributed by atoms with van der Waals surface area (Å²) < 4.78 is 5.29. The second kappa shape index (κ2) is 5.39. The second-order valence-electron chi connectivity index (χ2n) is 4.98. The van der Waals surface area contributed by atoms with Crippen LogP contribution in [0.3, 0.4) is 0 Å². The maximum Gasteiger partial charge on any atom is 0.336 e. The summed E-state index contributed by atoms with van der Waals surface area (Å²) in [7, 11) is 0. The smallest absolute Gasteiger partial charge is 0.336 e. The average Bonchev–Trinajstić information content (AvgIpc) is 2.39. The molecule has 0 aliphatic carbocycles. The number of nitrogens with zero attached hydrogens (tertiary/aromatic N) is 1. The van der Waals surface area contributed by atoms with Gasteiger partial charge in [-0.1, -0.05) is 12.1 Å². The molecule has 100 valence electrons. The Morgan fingerprint density at radius 1 is 1.26 bits per heavy atom. The molecule has 0 unspecified atom stereocenters. The van der Waals surface area contributed by atoms with Crippen LogP contribution in [0.25, 0.3) is 11.0 Å². The van der Waals surface area contributed by atoms with Crippen molar-refractivity contribution < 1.29 is 4.42 Å². The predicted octanol–water partition coefficient (Wildman–Crippen LogP) is 2.65. The van der Waals surface area contributed by atoms with Gasteiger partial charge >= 0.3 is 5.63 Å². The standard InChI is InChI=1S/C15H17NO2S/c1-11-2-3-13-12(9-15(17)18-14(13)8-11)10-16-4-6-19-7-5-16/h2-3,8-9H,4-7,10H2,1H3. The number of benzene rings is 1. The van der Waals surface area contributed by atoms with Gasteiger partial charge in [0.05, 0.1) is 0 Å². The zero-order chi connectivity index (χ0) is 13.2. The van der Waals surface area contributed by atoms with Crippen LogP contribution >= 0.6 is 11.8 Å². The van der Waals surface area contributed by atoms with E-state index in [0.29, 0.717) is 5.58 Å². The summed E-state index contributed by atoms with van der Waals surface area (Å²) in [5.41, 5.74) is 2.65. The van der Waals surface area contributed by atoms with Crippen molar-refractivity contribution in [1.82, 2.24) is 4.90 Å². The summed E-state index contributed by atoms with van der Waals surface area (Å²) >= 11 is 2.00. The van der Waals surface area contributed by atoms with E-state index in [1.54, 1.807) is 6.07 Å². The number of rotatable bonds is 2. The van der Waals surface area contributed by atoms with Crippen LogP contribution in [0.15, 0.2) is 33.5 Å². The van der Waals surface area contributed by atoms with E-state index < -0.39 is 0 Å². The van der Waals surface area contributed by atoms with Crippen molar-refractivity contribution in [2.75, 3.05) is 24.6 Å². The number of hydrogen-bond acceptors (Lipinski definition) is 4. The molecule has 1 aliphatic rings. The van der Waals surface area contributed by atoms with Crippen molar-refractivity contribution in [2.24, 2.45) is 0 Å². The van der Waals surface area contributed by atoms with Crippen LogP contribution in [-0.4, -0.2) is 29.5 Å². The van der Waals surface area contributed by atoms with Crippen molar-refractivity contribution in [3.63, 3.8) is 0 Å². The lowest BCUT2D eigenvalue weighted by molar-refractivity contribution is 0.295. The van der Waals surface area contributed by atoms with E-state index in [0.717, 1.165) is 36.1 Å². The molecule has 0 saturated carbocycles. The minimum Gasteiger partial charge on any atom is -0.423 e. The summed E-state index contributed by atoms with van der Waals surface area (Å²) in [5, 5.41) is 1.06. The minimum absolute atomic E-state index is 0.250. The zero-order valence-corrected chi connectivity index (χ0v) is 11.8. The SMILES string of the molecule is Cc1ccc2c(CN3CCSCC3)cc(=O)oc2c1. The number of aryl methyl sites for hydroxylation is 1. The third-order valence-corrected chi connectivity index (χ3v) is 4.43. The van der Waals surface area contributed by atoms with Gasteiger partial charge in [-0.3, -0.25) is 4.90 Å². The summed E-state index contributed by atoms with van der Waals surface area (Å²) in [6.45, 7) is 5.04. The molecule has 1 fully saturated rings. The van der Waals surface area contributed by atoms with E-state index in [-0.39, 0.29) is 5.63 Å². The Morgan fingerprint density at radius 3 is 2.84 bits per heavy atom. The van der Waals surface area contributed by atoms with E-state index in [4.69, 9.17) is 4.42 Å². The molecule has 3 nitrogen and oxygen atoms in total. The van der Waals surface area contributed by atoms with Crippen LogP contribution in [0.1, 0.15) is 11.1 Å². The molecule has 0 radical (unpaired) electrons. The van der Waals surface area contributed by atoms with Gasteiger partial charge in [-0.2, -0.15) is 11.8 Å². The molecule has 0 spiro atoms. The molecular weight excluding hydrogens is 258 g/mol. The Kier molecular flexibility index (Phi) is 3.62. The van der Waals surface area contributed by atoms with E-state index in [2.05, 4.69) is 17.0 Å². The molecule has 0 N–H and O–H groups in total. The molecular formula is C15H17NO2S. The zero-order valence-electron chi connectivity index (χ0n) is 11.0. The highest BCUT2D eigenvalue weighted by molar-refractivity contribution is 7.99. The molecule has 2 heterocycles. The Balaban J connectivity index is 1.99. The molecule has 0 amide bonds. The first-order valence-electron chi connectivity index (χ1n) is 6.56. The molecule has 1 aromatic carbocycles. The molecule has 4 heteroatoms. The van der Waals surface area contributed by atoms with Crippen LogP contribution in [0, 0.1) is 6.92 Å². The normalized spacial score (nSPS) is 16.9. The quantitative estimate of drug-likeness (QED) is 0.789. The summed E-state index contributed by atoms with van der Waals surface area (Å²) in [4.78, 5) is 14.1. The summed E-state index contributed by atoms with van der Waals surface area (Å²) in [6, 6.07) is 7.70. The lowest BCUT2D eigenvalue weighted by Crippen LogP contribution is -2.32. The first kappa shape index (κ1) is 12.8. The van der Waals surface area contributed by atoms with Crippen LogP contribution in [-0.2, 0) is 6.54 Å². The van der Waals surface area contributed by atoms with Gasteiger partial charge in [0.2, 0.25) is 0 Å². The number of thioether (sulfide) groups is 1. The van der Waals surface area contributed by atoms with E-state index >= 15 is 0 Å². The molecule has 3 rings (SSSR count). The molecule has 2 aromatic rings. The average molecular weight is 275 g/mol. The van der Waals surface area contributed by atoms with E-state index in [9.17, 15) is 4.79 Å². The van der Waals surface area contributed by atoms with E-state index in [1.807, 2.05) is 24.8 Å². The largest absolute Gasteiger partial charge is 0.423 e. The first-order chi connectivity index (χ1) is 9.22. The highest BCUT2D eigenvalue weighted by atomic mass is 32.2. The van der Waals surface area contributed by atoms with Crippen LogP contribution in [0.4, 0.5) is 0 Å². The topological polar surface area (TPSA) is 33.5 Å². The summed E-state index contributed by atoms with van der Waals surface area (Å²) in [6.07, 6.45) is 0. The maximum atomic E-state index is 11.7. The number of hydrogen-bond donors (Lipinski definition) is 0. The highest BCUT2D eigenvalue weighted by Gasteiger charge is 2.13. The Hall–Kier alpha value is -1.26. The van der Waals surface area contributed by atoms with Gasteiger partial charge in [-0.15, -0.1) is 0 Å². The second-order valence-corrected chi connectivity index (χ2v) is 6.20. The molecule has 0 atom stereocenters. The molecule has 1 aliphatic heterocycles. The van der Waals surface area contributed by atoms with Gasteiger partial charge in [0.15, 0.2) is 0 Å². The lowest BCUT2D eigenvalue weighted by Gasteiger charge is -2.26. The third-order valence-electron chi connectivity index (χ3n) is 3.48. The Morgan fingerprint density at radius 2 is 2.05 bits per heavy atom. The van der Waals surface area contributed by atoms with Crippen molar-refractivity contribution in [3.05, 3.63) is 45.8 Å². The van der Waals surface area contributed by atoms with Gasteiger partial charge < -0.3 is 4.42 Å². The fourth-order valence-electron chi connectivity index (χ4n) is 2.47. The monoisotopic (exact) mass is 275 g/mol. The van der Waals surface area contributed by atoms with Gasteiger partial charge in [0, 0.05) is 42.6 Å². The van der Waals surface area contributed by atoms with Crippen LogP contribution in [0.2, 0.25) is 0 Å². The maximum absolute atomic E-state index is 11.7.